The zero-order chi connectivity index (χ0) is 42.6. The Morgan fingerprint density at radius 3 is 0.845 bits per heavy atom. The third-order valence-electron chi connectivity index (χ3n) is 11.7. The second-order valence-corrected chi connectivity index (χ2v) is 18.8. The Hall–Kier alpha value is -1.59. The average Bonchev–Trinajstić information content (AvgIpc) is 3.19. The fourth-order valence-electron chi connectivity index (χ4n) is 7.81. The Morgan fingerprint density at radius 2 is 0.569 bits per heavy atom. The minimum Gasteiger partial charge on any atom is -0.462 e. The highest BCUT2D eigenvalue weighted by molar-refractivity contribution is 5.71. The number of carbonyl (C=O) groups excluding carboxylic acids is 3. The molecule has 0 heterocycles. The summed E-state index contributed by atoms with van der Waals surface area (Å²) in [4.78, 5) is 37.9. The van der Waals surface area contributed by atoms with E-state index in [9.17, 15) is 14.4 Å². The maximum atomic E-state index is 12.8. The molecule has 58 heavy (non-hydrogen) atoms. The minimum atomic E-state index is -0.761. The molecule has 0 amide bonds. The largest absolute Gasteiger partial charge is 0.462 e. The van der Waals surface area contributed by atoms with Crippen molar-refractivity contribution in [3.05, 3.63) is 0 Å². The van der Waals surface area contributed by atoms with Crippen molar-refractivity contribution in [1.82, 2.24) is 0 Å². The van der Waals surface area contributed by atoms with Crippen LogP contribution in [-0.2, 0) is 28.6 Å². The van der Waals surface area contributed by atoms with Gasteiger partial charge in [0.15, 0.2) is 6.10 Å². The molecule has 6 nitrogen and oxygen atoms in total. The van der Waals surface area contributed by atoms with E-state index in [4.69, 9.17) is 14.2 Å². The first-order valence-corrected chi connectivity index (χ1v) is 25.7. The van der Waals surface area contributed by atoms with Gasteiger partial charge in [0.1, 0.15) is 13.2 Å². The van der Waals surface area contributed by atoms with Gasteiger partial charge in [-0.05, 0) is 31.1 Å². The second-order valence-electron chi connectivity index (χ2n) is 18.8. The summed E-state index contributed by atoms with van der Waals surface area (Å²) in [5.41, 5.74) is 0. The van der Waals surface area contributed by atoms with Crippen molar-refractivity contribution in [3.63, 3.8) is 0 Å². The van der Waals surface area contributed by atoms with Gasteiger partial charge in [0.2, 0.25) is 0 Å². The fraction of sp³-hybridized carbons (Fsp3) is 0.942. The molecule has 0 bridgehead atoms. The van der Waals surface area contributed by atoms with Gasteiger partial charge >= 0.3 is 17.9 Å². The van der Waals surface area contributed by atoms with Crippen LogP contribution in [0.2, 0.25) is 0 Å². The van der Waals surface area contributed by atoms with Gasteiger partial charge in [-0.2, -0.15) is 0 Å². The SMILES string of the molecule is CCCCCCCCCCCCCCCCC(=O)O[C@@H](COC(=O)CCCCCCCCCCCCCCC(C)C)COC(=O)CCCCCCCCCCC(C)C. The molecular formula is C52H100O6. The first kappa shape index (κ1) is 56.4. The van der Waals surface area contributed by atoms with Crippen molar-refractivity contribution in [2.45, 2.75) is 291 Å². The highest BCUT2D eigenvalue weighted by Gasteiger charge is 2.19. The third-order valence-corrected chi connectivity index (χ3v) is 11.7. The number of rotatable bonds is 46. The lowest BCUT2D eigenvalue weighted by atomic mass is 10.0. The summed E-state index contributed by atoms with van der Waals surface area (Å²) in [6, 6.07) is 0. The van der Waals surface area contributed by atoms with E-state index in [1.54, 1.807) is 0 Å². The van der Waals surface area contributed by atoms with Gasteiger partial charge in [0, 0.05) is 19.3 Å². The summed E-state index contributed by atoms with van der Waals surface area (Å²) in [5.74, 6) is 0.781. The van der Waals surface area contributed by atoms with E-state index in [0.29, 0.717) is 19.3 Å². The quantitative estimate of drug-likeness (QED) is 0.0346. The summed E-state index contributed by atoms with van der Waals surface area (Å²) in [7, 11) is 0. The van der Waals surface area contributed by atoms with Gasteiger partial charge < -0.3 is 14.2 Å². The van der Waals surface area contributed by atoms with E-state index in [1.165, 1.54) is 173 Å². The molecule has 0 aliphatic heterocycles. The summed E-state index contributed by atoms with van der Waals surface area (Å²) in [6.07, 6.45) is 45.2. The average molecular weight is 821 g/mol. The molecule has 0 saturated carbocycles. The lowest BCUT2D eigenvalue weighted by Crippen LogP contribution is -2.30. The Bertz CT molecular complexity index is 885. The highest BCUT2D eigenvalue weighted by atomic mass is 16.6. The number of esters is 3. The van der Waals surface area contributed by atoms with E-state index in [0.717, 1.165) is 69.6 Å². The maximum absolute atomic E-state index is 12.8. The van der Waals surface area contributed by atoms with Crippen LogP contribution in [0, 0.1) is 11.8 Å². The van der Waals surface area contributed by atoms with Gasteiger partial charge in [-0.25, -0.2) is 0 Å². The number of hydrogen-bond donors (Lipinski definition) is 0. The van der Waals surface area contributed by atoms with Crippen molar-refractivity contribution >= 4 is 17.9 Å². The molecule has 0 unspecified atom stereocenters. The molecule has 0 N–H and O–H groups in total. The lowest BCUT2D eigenvalue weighted by Gasteiger charge is -2.18. The maximum Gasteiger partial charge on any atom is 0.306 e. The molecule has 0 aromatic carbocycles. The van der Waals surface area contributed by atoms with Crippen molar-refractivity contribution in [3.8, 4) is 0 Å². The van der Waals surface area contributed by atoms with Crippen LogP contribution in [0.1, 0.15) is 285 Å². The van der Waals surface area contributed by atoms with Gasteiger partial charge in [-0.15, -0.1) is 0 Å². The number of unbranched alkanes of at least 4 members (excludes halogenated alkanes) is 31. The van der Waals surface area contributed by atoms with Crippen LogP contribution >= 0.6 is 0 Å². The van der Waals surface area contributed by atoms with Crippen LogP contribution in [0.5, 0.6) is 0 Å². The molecule has 344 valence electrons. The molecule has 0 aromatic heterocycles. The Kier molecular flexibility index (Phi) is 43.7. The summed E-state index contributed by atoms with van der Waals surface area (Å²) in [5, 5.41) is 0. The topological polar surface area (TPSA) is 78.9 Å². The van der Waals surface area contributed by atoms with E-state index in [1.807, 2.05) is 0 Å². The molecule has 0 spiro atoms. The molecular weight excluding hydrogens is 721 g/mol. The summed E-state index contributed by atoms with van der Waals surface area (Å²) < 4.78 is 16.8. The van der Waals surface area contributed by atoms with E-state index < -0.39 is 6.10 Å². The molecule has 0 aliphatic carbocycles. The molecule has 0 rings (SSSR count). The molecule has 0 fully saturated rings. The van der Waals surface area contributed by atoms with E-state index >= 15 is 0 Å². The molecule has 0 saturated heterocycles. The molecule has 0 aromatic rings. The van der Waals surface area contributed by atoms with Crippen molar-refractivity contribution in [2.75, 3.05) is 13.2 Å². The van der Waals surface area contributed by atoms with Crippen LogP contribution in [0.4, 0.5) is 0 Å². The Labute approximate surface area is 361 Å². The van der Waals surface area contributed by atoms with Gasteiger partial charge in [-0.1, -0.05) is 247 Å². The Balaban J connectivity index is 4.31. The predicted octanol–water partition coefficient (Wildman–Crippen LogP) is 16.5. The van der Waals surface area contributed by atoms with Crippen LogP contribution in [0.15, 0.2) is 0 Å². The first-order valence-electron chi connectivity index (χ1n) is 25.7. The highest BCUT2D eigenvalue weighted by Crippen LogP contribution is 2.17. The number of hydrogen-bond acceptors (Lipinski definition) is 6. The zero-order valence-corrected chi connectivity index (χ0v) is 39.7. The first-order chi connectivity index (χ1) is 28.2. The smallest absolute Gasteiger partial charge is 0.306 e. The van der Waals surface area contributed by atoms with Crippen molar-refractivity contribution < 1.29 is 28.6 Å². The summed E-state index contributed by atoms with van der Waals surface area (Å²) in [6.45, 7) is 11.3. The fourth-order valence-corrected chi connectivity index (χ4v) is 7.81. The second kappa shape index (κ2) is 44.9. The van der Waals surface area contributed by atoms with E-state index in [2.05, 4.69) is 34.6 Å². The zero-order valence-electron chi connectivity index (χ0n) is 39.7. The van der Waals surface area contributed by atoms with Crippen LogP contribution in [0.3, 0.4) is 0 Å². The molecule has 6 heteroatoms. The Morgan fingerprint density at radius 1 is 0.328 bits per heavy atom. The van der Waals surface area contributed by atoms with Crippen LogP contribution < -0.4 is 0 Å². The molecule has 1 atom stereocenters. The monoisotopic (exact) mass is 821 g/mol. The van der Waals surface area contributed by atoms with Crippen LogP contribution in [-0.4, -0.2) is 37.2 Å². The minimum absolute atomic E-state index is 0.0640. The predicted molar refractivity (Wildman–Crippen MR) is 247 cm³/mol. The van der Waals surface area contributed by atoms with Crippen LogP contribution in [0.25, 0.3) is 0 Å². The number of ether oxygens (including phenoxy) is 3. The van der Waals surface area contributed by atoms with E-state index in [-0.39, 0.29) is 31.1 Å². The van der Waals surface area contributed by atoms with Crippen molar-refractivity contribution in [1.29, 1.82) is 0 Å². The van der Waals surface area contributed by atoms with Gasteiger partial charge in [0.25, 0.3) is 0 Å². The molecule has 0 aliphatic rings. The van der Waals surface area contributed by atoms with Crippen molar-refractivity contribution in [2.24, 2.45) is 11.8 Å². The number of carbonyl (C=O) groups is 3. The normalized spacial score (nSPS) is 12.1. The van der Waals surface area contributed by atoms with Gasteiger partial charge in [0.05, 0.1) is 0 Å². The van der Waals surface area contributed by atoms with Gasteiger partial charge in [-0.3, -0.25) is 14.4 Å². The standard InChI is InChI=1S/C52H100O6/c1-6-7-8-9-10-11-12-13-14-19-22-29-34-39-44-52(55)58-49(46-57-51(54)43-38-33-28-24-23-26-31-36-41-48(4)5)45-56-50(53)42-37-32-27-21-18-16-15-17-20-25-30-35-40-47(2)3/h47-49H,6-46H2,1-5H3/t49-/m0/s1. The third kappa shape index (κ3) is 45.5. The molecule has 0 radical (unpaired) electrons. The summed E-state index contributed by atoms with van der Waals surface area (Å²) >= 11 is 0. The lowest BCUT2D eigenvalue weighted by molar-refractivity contribution is -0.167.